The standard InChI is InChI=1S/C14H12F10O2/c1-25-9-4-2-8(3-5-9)10(26-7-12(17,18)19)6-11(15,16)13(20,21)14(22,23)24/h2-5,10H,6-7H2,1H3. The molecule has 0 aliphatic carbocycles. The summed E-state index contributed by atoms with van der Waals surface area (Å²) in [4.78, 5) is 0. The molecule has 1 rings (SSSR count). The second-order valence-electron chi connectivity index (χ2n) is 5.17. The summed E-state index contributed by atoms with van der Waals surface area (Å²) in [5.41, 5.74) is -0.451. The van der Waals surface area contributed by atoms with Gasteiger partial charge in [0.25, 0.3) is 0 Å². The maximum Gasteiger partial charge on any atom is 0.459 e. The fourth-order valence-electron chi connectivity index (χ4n) is 1.86. The predicted molar refractivity (Wildman–Crippen MR) is 68.3 cm³/mol. The van der Waals surface area contributed by atoms with E-state index in [2.05, 4.69) is 4.74 Å². The van der Waals surface area contributed by atoms with Gasteiger partial charge in [0, 0.05) is 6.42 Å². The van der Waals surface area contributed by atoms with Gasteiger partial charge in [0.05, 0.1) is 13.2 Å². The van der Waals surface area contributed by atoms with Gasteiger partial charge >= 0.3 is 24.2 Å². The van der Waals surface area contributed by atoms with Gasteiger partial charge in [0.2, 0.25) is 0 Å². The summed E-state index contributed by atoms with van der Waals surface area (Å²) in [6.45, 7) is -2.11. The van der Waals surface area contributed by atoms with Crippen molar-refractivity contribution in [2.75, 3.05) is 13.7 Å². The fraction of sp³-hybridized carbons (Fsp3) is 0.571. The molecule has 0 aromatic heterocycles. The van der Waals surface area contributed by atoms with Crippen LogP contribution in [-0.4, -0.2) is 37.9 Å². The molecule has 0 fully saturated rings. The van der Waals surface area contributed by atoms with Gasteiger partial charge < -0.3 is 9.47 Å². The molecule has 0 bridgehead atoms. The fourth-order valence-corrected chi connectivity index (χ4v) is 1.86. The monoisotopic (exact) mass is 402 g/mol. The van der Waals surface area contributed by atoms with Crippen molar-refractivity contribution in [2.45, 2.75) is 36.7 Å². The van der Waals surface area contributed by atoms with Crippen LogP contribution in [0.3, 0.4) is 0 Å². The van der Waals surface area contributed by atoms with Crippen LogP contribution in [0.2, 0.25) is 0 Å². The Kier molecular flexibility index (Phi) is 6.43. The molecule has 12 heteroatoms. The van der Waals surface area contributed by atoms with Gasteiger partial charge in [-0.25, -0.2) is 0 Å². The van der Waals surface area contributed by atoms with Crippen LogP contribution in [0, 0.1) is 0 Å². The van der Waals surface area contributed by atoms with Gasteiger partial charge in [-0.2, -0.15) is 43.9 Å². The van der Waals surface area contributed by atoms with Crippen molar-refractivity contribution >= 4 is 0 Å². The minimum absolute atomic E-state index is 0.149. The molecule has 0 radical (unpaired) electrons. The predicted octanol–water partition coefficient (Wildman–Crippen LogP) is 5.54. The third-order valence-corrected chi connectivity index (χ3v) is 3.19. The molecule has 1 unspecified atom stereocenters. The lowest BCUT2D eigenvalue weighted by Crippen LogP contribution is -2.52. The highest BCUT2D eigenvalue weighted by molar-refractivity contribution is 5.28. The molecule has 1 atom stereocenters. The average Bonchev–Trinajstić information content (AvgIpc) is 2.49. The minimum Gasteiger partial charge on any atom is -0.497 e. The van der Waals surface area contributed by atoms with Crippen molar-refractivity contribution in [3.63, 3.8) is 0 Å². The zero-order chi connectivity index (χ0) is 20.4. The Bertz CT molecular complexity index is 577. The van der Waals surface area contributed by atoms with E-state index in [-0.39, 0.29) is 5.75 Å². The molecule has 150 valence electrons. The third kappa shape index (κ3) is 5.39. The molecule has 2 nitrogen and oxygen atoms in total. The van der Waals surface area contributed by atoms with Gasteiger partial charge in [0.15, 0.2) is 0 Å². The molecule has 0 saturated heterocycles. The zero-order valence-corrected chi connectivity index (χ0v) is 12.9. The molecule has 1 aromatic rings. The lowest BCUT2D eigenvalue weighted by Gasteiger charge is -2.31. The lowest BCUT2D eigenvalue weighted by molar-refractivity contribution is -0.359. The van der Waals surface area contributed by atoms with Crippen LogP contribution in [0.4, 0.5) is 43.9 Å². The highest BCUT2D eigenvalue weighted by Gasteiger charge is 2.73. The average molecular weight is 402 g/mol. The van der Waals surface area contributed by atoms with E-state index in [1.54, 1.807) is 0 Å². The number of benzene rings is 1. The summed E-state index contributed by atoms with van der Waals surface area (Å²) in [7, 11) is 1.21. The summed E-state index contributed by atoms with van der Waals surface area (Å²) in [6, 6.07) is 4.03. The van der Waals surface area contributed by atoms with E-state index >= 15 is 0 Å². The third-order valence-electron chi connectivity index (χ3n) is 3.19. The Balaban J connectivity index is 3.15. The Morgan fingerprint density at radius 3 is 1.73 bits per heavy atom. The molecular weight excluding hydrogens is 390 g/mol. The second-order valence-corrected chi connectivity index (χ2v) is 5.17. The first-order chi connectivity index (χ1) is 11.6. The van der Waals surface area contributed by atoms with E-state index in [4.69, 9.17) is 4.74 Å². The number of ether oxygens (including phenoxy) is 2. The highest BCUT2D eigenvalue weighted by atomic mass is 19.4. The van der Waals surface area contributed by atoms with E-state index in [1.165, 1.54) is 7.11 Å². The van der Waals surface area contributed by atoms with Crippen molar-refractivity contribution < 1.29 is 53.4 Å². The smallest absolute Gasteiger partial charge is 0.459 e. The van der Waals surface area contributed by atoms with Crippen molar-refractivity contribution in [1.29, 1.82) is 0 Å². The van der Waals surface area contributed by atoms with Gasteiger partial charge in [0.1, 0.15) is 12.4 Å². The molecule has 0 amide bonds. The van der Waals surface area contributed by atoms with Crippen molar-refractivity contribution in [3.8, 4) is 5.75 Å². The molecule has 1 aromatic carbocycles. The van der Waals surface area contributed by atoms with Crippen LogP contribution in [0.15, 0.2) is 24.3 Å². The van der Waals surface area contributed by atoms with Crippen LogP contribution in [0.5, 0.6) is 5.75 Å². The van der Waals surface area contributed by atoms with Crippen molar-refractivity contribution in [2.24, 2.45) is 0 Å². The first-order valence-corrected chi connectivity index (χ1v) is 6.75. The summed E-state index contributed by atoms with van der Waals surface area (Å²) in [5, 5.41) is 0. The van der Waals surface area contributed by atoms with Gasteiger partial charge in [-0.1, -0.05) is 12.1 Å². The van der Waals surface area contributed by atoms with E-state index in [1.807, 2.05) is 0 Å². The Morgan fingerprint density at radius 1 is 0.846 bits per heavy atom. The Morgan fingerprint density at radius 2 is 1.35 bits per heavy atom. The quantitative estimate of drug-likeness (QED) is 0.558. The second kappa shape index (κ2) is 7.49. The Labute approximate surface area is 140 Å². The number of alkyl halides is 10. The first kappa shape index (κ1) is 22.3. The molecule has 0 spiro atoms. The van der Waals surface area contributed by atoms with Crippen LogP contribution in [0.1, 0.15) is 18.1 Å². The summed E-state index contributed by atoms with van der Waals surface area (Å²) in [5.74, 6) is -12.0. The number of hydrogen-bond donors (Lipinski definition) is 0. The highest BCUT2D eigenvalue weighted by Crippen LogP contribution is 2.50. The summed E-state index contributed by atoms with van der Waals surface area (Å²) < 4.78 is 135. The normalized spacial score (nSPS) is 15.0. The molecule has 0 saturated carbocycles. The van der Waals surface area contributed by atoms with E-state index in [9.17, 15) is 43.9 Å². The Hall–Kier alpha value is -1.72. The molecular formula is C14H12F10O2. The van der Waals surface area contributed by atoms with Gasteiger partial charge in [-0.15, -0.1) is 0 Å². The van der Waals surface area contributed by atoms with E-state index in [0.717, 1.165) is 24.3 Å². The van der Waals surface area contributed by atoms with Gasteiger partial charge in [-0.3, -0.25) is 0 Å². The summed E-state index contributed by atoms with van der Waals surface area (Å²) >= 11 is 0. The van der Waals surface area contributed by atoms with Crippen LogP contribution >= 0.6 is 0 Å². The maximum atomic E-state index is 13.5. The number of methoxy groups -OCH3 is 1. The minimum atomic E-state index is -6.59. The SMILES string of the molecule is COc1ccc(C(CC(F)(F)C(F)(F)C(F)(F)F)OCC(F)(F)F)cc1. The van der Waals surface area contributed by atoms with Crippen LogP contribution in [0.25, 0.3) is 0 Å². The molecule has 0 aliphatic rings. The lowest BCUT2D eigenvalue weighted by atomic mass is 9.98. The van der Waals surface area contributed by atoms with Crippen LogP contribution in [-0.2, 0) is 4.74 Å². The van der Waals surface area contributed by atoms with Crippen molar-refractivity contribution in [1.82, 2.24) is 0 Å². The molecule has 0 heterocycles. The number of hydrogen-bond acceptors (Lipinski definition) is 2. The maximum absolute atomic E-state index is 13.5. The van der Waals surface area contributed by atoms with E-state index in [0.29, 0.717) is 0 Å². The number of halogens is 10. The van der Waals surface area contributed by atoms with Gasteiger partial charge in [-0.05, 0) is 17.7 Å². The summed E-state index contributed by atoms with van der Waals surface area (Å²) in [6.07, 6.45) is -16.3. The van der Waals surface area contributed by atoms with E-state index < -0.39 is 48.9 Å². The molecule has 0 N–H and O–H groups in total. The molecule has 26 heavy (non-hydrogen) atoms. The first-order valence-electron chi connectivity index (χ1n) is 6.75. The molecule has 0 aliphatic heterocycles. The van der Waals surface area contributed by atoms with Crippen molar-refractivity contribution in [3.05, 3.63) is 29.8 Å². The largest absolute Gasteiger partial charge is 0.497 e. The zero-order valence-electron chi connectivity index (χ0n) is 12.9. The number of rotatable bonds is 7. The topological polar surface area (TPSA) is 18.5 Å². The van der Waals surface area contributed by atoms with Crippen LogP contribution < -0.4 is 4.74 Å².